The minimum atomic E-state index is -0.651. The molecule has 3 heterocycles. The normalized spacial score (nSPS) is 24.4. The van der Waals surface area contributed by atoms with Gasteiger partial charge in [0.25, 0.3) is 5.82 Å². The lowest BCUT2D eigenvalue weighted by atomic mass is 9.58. The third kappa shape index (κ3) is 2.11. The van der Waals surface area contributed by atoms with Gasteiger partial charge in [0.05, 0.1) is 12.5 Å². The van der Waals surface area contributed by atoms with E-state index >= 15 is 0 Å². The molecule has 5 rings (SSSR count). The van der Waals surface area contributed by atoms with Gasteiger partial charge in [0, 0.05) is 18.8 Å². The lowest BCUT2D eigenvalue weighted by Gasteiger charge is -2.57. The molecule has 0 amide bonds. The van der Waals surface area contributed by atoms with Crippen LogP contribution in [0.1, 0.15) is 56.6 Å². The largest absolute Gasteiger partial charge is 1.00 e. The molecule has 0 saturated carbocycles. The molecule has 0 fully saturated rings. The van der Waals surface area contributed by atoms with Crippen molar-refractivity contribution in [2.24, 2.45) is 12.5 Å². The van der Waals surface area contributed by atoms with Crippen molar-refractivity contribution in [2.75, 3.05) is 13.2 Å². The van der Waals surface area contributed by atoms with Gasteiger partial charge in [-0.3, -0.25) is 0 Å². The number of fused-ring (bicyclic) bond motifs is 1. The van der Waals surface area contributed by atoms with Crippen molar-refractivity contribution in [2.45, 2.75) is 45.4 Å². The molecule has 2 unspecified atom stereocenters. The Morgan fingerprint density at radius 1 is 1.08 bits per heavy atom. The van der Waals surface area contributed by atoms with Crippen LogP contribution in [-0.2, 0) is 16.5 Å². The number of hydrogen-bond donors (Lipinski definition) is 0. The van der Waals surface area contributed by atoms with Crippen molar-refractivity contribution in [1.29, 1.82) is 0 Å². The molecular formula is C20H27ClN2O2. The number of aromatic nitrogens is 2. The van der Waals surface area contributed by atoms with Crippen LogP contribution in [0.15, 0.2) is 36.7 Å². The van der Waals surface area contributed by atoms with E-state index in [1.54, 1.807) is 0 Å². The van der Waals surface area contributed by atoms with E-state index in [0.717, 1.165) is 0 Å². The molecule has 0 radical (unpaired) electrons. The predicted molar refractivity (Wildman–Crippen MR) is 91.8 cm³/mol. The number of imidazole rings is 1. The highest BCUT2D eigenvalue weighted by Crippen LogP contribution is 2.63. The topological polar surface area (TPSA) is 27.3 Å². The number of nitrogens with zero attached hydrogens (tertiary/aromatic N) is 2. The Kier molecular flexibility index (Phi) is 4.51. The van der Waals surface area contributed by atoms with Crippen molar-refractivity contribution in [3.8, 4) is 0 Å². The van der Waals surface area contributed by atoms with E-state index in [4.69, 9.17) is 9.47 Å². The molecule has 2 atom stereocenters. The molecule has 25 heavy (non-hydrogen) atoms. The van der Waals surface area contributed by atoms with E-state index in [1.165, 1.54) is 17.0 Å². The van der Waals surface area contributed by atoms with Crippen LogP contribution < -0.4 is 17.0 Å². The SMILES string of the molecule is CCOC1(OCC)C2c3ccccc3C(n3cc[n+](C)c32)C1(C)C.[Cl-]. The zero-order valence-corrected chi connectivity index (χ0v) is 16.4. The minimum Gasteiger partial charge on any atom is -1.00 e. The summed E-state index contributed by atoms with van der Waals surface area (Å²) in [4.78, 5) is 0. The number of rotatable bonds is 4. The molecule has 2 aromatic rings. The number of aryl methyl sites for hydroxylation is 1. The van der Waals surface area contributed by atoms with Crippen LogP contribution in [0.2, 0.25) is 0 Å². The average Bonchev–Trinajstić information content (AvgIpc) is 2.93. The summed E-state index contributed by atoms with van der Waals surface area (Å²) in [6, 6.07) is 8.97. The standard InChI is InChI=1S/C20H27N2O2.ClH/c1-6-23-20(24-7-2)16-14-10-8-9-11-15(14)17(19(20,3)4)22-13-12-21(5)18(16)22;/h8-13,16-17H,6-7H2,1-5H3;1H/q+1;/p-1. The number of hydrogen-bond acceptors (Lipinski definition) is 2. The van der Waals surface area contributed by atoms with E-state index in [1.807, 2.05) is 0 Å². The molecule has 1 aliphatic carbocycles. The molecule has 0 N–H and O–H groups in total. The molecule has 1 aromatic heterocycles. The fraction of sp³-hybridized carbons (Fsp3) is 0.550. The van der Waals surface area contributed by atoms with Crippen LogP contribution in [-0.4, -0.2) is 23.6 Å². The van der Waals surface area contributed by atoms with Crippen LogP contribution in [0.25, 0.3) is 0 Å². The molecule has 0 spiro atoms. The molecule has 0 saturated heterocycles. The van der Waals surface area contributed by atoms with Gasteiger partial charge in [-0.1, -0.05) is 38.1 Å². The third-order valence-corrected chi connectivity index (χ3v) is 5.89. The molecule has 3 aliphatic rings. The Balaban J connectivity index is 0.00000182. The minimum absolute atomic E-state index is 0. The molecular weight excluding hydrogens is 336 g/mol. The van der Waals surface area contributed by atoms with Gasteiger partial charge in [0.15, 0.2) is 5.79 Å². The van der Waals surface area contributed by atoms with Crippen LogP contribution >= 0.6 is 0 Å². The molecule has 5 heteroatoms. The highest BCUT2D eigenvalue weighted by Gasteiger charge is 2.70. The van der Waals surface area contributed by atoms with E-state index < -0.39 is 5.79 Å². The number of ether oxygens (including phenoxy) is 2. The maximum absolute atomic E-state index is 6.45. The fourth-order valence-corrected chi connectivity index (χ4v) is 5.07. The first-order chi connectivity index (χ1) is 11.5. The zero-order valence-electron chi connectivity index (χ0n) is 15.6. The van der Waals surface area contributed by atoms with Crippen molar-refractivity contribution in [3.63, 3.8) is 0 Å². The summed E-state index contributed by atoms with van der Waals surface area (Å²) >= 11 is 0. The fourth-order valence-electron chi connectivity index (χ4n) is 5.07. The van der Waals surface area contributed by atoms with Crippen LogP contribution in [0, 0.1) is 5.41 Å². The molecule has 2 aliphatic heterocycles. The molecule has 136 valence electrons. The molecule has 2 bridgehead atoms. The van der Waals surface area contributed by atoms with Gasteiger partial charge in [-0.05, 0) is 19.4 Å². The summed E-state index contributed by atoms with van der Waals surface area (Å²) in [5.74, 6) is 0.676. The Morgan fingerprint density at radius 2 is 1.68 bits per heavy atom. The quantitative estimate of drug-likeness (QED) is 0.572. The van der Waals surface area contributed by atoms with Gasteiger partial charge in [-0.25, -0.2) is 9.13 Å². The maximum Gasteiger partial charge on any atom is 0.270 e. The highest BCUT2D eigenvalue weighted by molar-refractivity contribution is 5.47. The van der Waals surface area contributed by atoms with Crippen molar-refractivity contribution >= 4 is 0 Å². The van der Waals surface area contributed by atoms with Crippen molar-refractivity contribution in [3.05, 3.63) is 53.6 Å². The third-order valence-electron chi connectivity index (χ3n) is 5.89. The summed E-state index contributed by atoms with van der Waals surface area (Å²) in [6.07, 6.45) is 4.35. The number of benzene rings is 1. The monoisotopic (exact) mass is 362 g/mol. The Hall–Kier alpha value is -1.36. The summed E-state index contributed by atoms with van der Waals surface area (Å²) in [5.41, 5.74) is 2.55. The molecule has 4 nitrogen and oxygen atoms in total. The van der Waals surface area contributed by atoms with Gasteiger partial charge in [0.2, 0.25) is 0 Å². The van der Waals surface area contributed by atoms with E-state index in [2.05, 4.69) is 80.5 Å². The van der Waals surface area contributed by atoms with Crippen molar-refractivity contribution in [1.82, 2.24) is 4.57 Å². The highest BCUT2D eigenvalue weighted by atomic mass is 35.5. The second-order valence-electron chi connectivity index (χ2n) is 7.39. The van der Waals surface area contributed by atoms with E-state index in [0.29, 0.717) is 13.2 Å². The van der Waals surface area contributed by atoms with Gasteiger partial charge in [-0.2, -0.15) is 0 Å². The number of halogens is 1. The average molecular weight is 363 g/mol. The second kappa shape index (κ2) is 6.11. The maximum atomic E-state index is 6.45. The zero-order chi connectivity index (χ0) is 17.1. The lowest BCUT2D eigenvalue weighted by molar-refractivity contribution is -0.683. The Labute approximate surface area is 156 Å². The first kappa shape index (κ1) is 18.4. The molecule has 1 aromatic carbocycles. The first-order valence-corrected chi connectivity index (χ1v) is 8.92. The van der Waals surface area contributed by atoms with Crippen LogP contribution in [0.4, 0.5) is 0 Å². The Morgan fingerprint density at radius 3 is 2.28 bits per heavy atom. The van der Waals surface area contributed by atoms with Crippen LogP contribution in [0.5, 0.6) is 0 Å². The smallest absolute Gasteiger partial charge is 0.270 e. The van der Waals surface area contributed by atoms with Crippen molar-refractivity contribution < 1.29 is 26.4 Å². The van der Waals surface area contributed by atoms with Gasteiger partial charge in [-0.15, -0.1) is 0 Å². The van der Waals surface area contributed by atoms with Gasteiger partial charge >= 0.3 is 0 Å². The second-order valence-corrected chi connectivity index (χ2v) is 7.39. The van der Waals surface area contributed by atoms with E-state index in [9.17, 15) is 0 Å². The van der Waals surface area contributed by atoms with Gasteiger partial charge < -0.3 is 21.9 Å². The summed E-state index contributed by atoms with van der Waals surface area (Å²) in [5, 5.41) is 0. The predicted octanol–water partition coefficient (Wildman–Crippen LogP) is 0.160. The summed E-state index contributed by atoms with van der Waals surface area (Å²) in [7, 11) is 2.12. The first-order valence-electron chi connectivity index (χ1n) is 8.92. The van der Waals surface area contributed by atoms with Crippen LogP contribution in [0.3, 0.4) is 0 Å². The summed E-state index contributed by atoms with van der Waals surface area (Å²) < 4.78 is 17.5. The van der Waals surface area contributed by atoms with Gasteiger partial charge in [0.1, 0.15) is 24.4 Å². The Bertz CT molecular complexity index is 778. The lowest BCUT2D eigenvalue weighted by Crippen LogP contribution is -3.00. The van der Waals surface area contributed by atoms with E-state index in [-0.39, 0.29) is 29.8 Å². The summed E-state index contributed by atoms with van der Waals surface area (Å²) in [6.45, 7) is 9.97.